The summed E-state index contributed by atoms with van der Waals surface area (Å²) in [7, 11) is 2.75. The summed E-state index contributed by atoms with van der Waals surface area (Å²) in [5, 5.41) is 3.97. The van der Waals surface area contributed by atoms with Crippen molar-refractivity contribution in [1.29, 1.82) is 0 Å². The van der Waals surface area contributed by atoms with Gasteiger partial charge in [0.2, 0.25) is 0 Å². The lowest BCUT2D eigenvalue weighted by atomic mass is 9.96. The zero-order valence-electron chi connectivity index (χ0n) is 20.1. The first-order chi connectivity index (χ1) is 16.8. The molecule has 4 rings (SSSR count). The zero-order valence-corrected chi connectivity index (χ0v) is 21.0. The van der Waals surface area contributed by atoms with Crippen LogP contribution in [0.15, 0.2) is 54.7 Å². The van der Waals surface area contributed by atoms with Crippen LogP contribution >= 0.6 is 12.2 Å². The number of carbonyl (C=O) groups is 2. The molecule has 0 amide bonds. The molecule has 1 aromatic carbocycles. The lowest BCUT2D eigenvalue weighted by Crippen LogP contribution is -2.32. The maximum absolute atomic E-state index is 12.1. The van der Waals surface area contributed by atoms with Crippen molar-refractivity contribution >= 4 is 29.3 Å². The first-order valence-electron chi connectivity index (χ1n) is 11.3. The molecule has 1 aliphatic heterocycles. The highest BCUT2D eigenvalue weighted by molar-refractivity contribution is 7.80. The average molecular weight is 493 g/mol. The third-order valence-corrected chi connectivity index (χ3v) is 6.65. The summed E-state index contributed by atoms with van der Waals surface area (Å²) < 4.78 is 11.9. The van der Waals surface area contributed by atoms with E-state index >= 15 is 0 Å². The Morgan fingerprint density at radius 3 is 2.57 bits per heavy atom. The van der Waals surface area contributed by atoms with Crippen LogP contribution in [-0.4, -0.2) is 52.3 Å². The van der Waals surface area contributed by atoms with Gasteiger partial charge in [0, 0.05) is 29.8 Å². The van der Waals surface area contributed by atoms with Gasteiger partial charge in [-0.05, 0) is 68.0 Å². The average Bonchev–Trinajstić information content (AvgIpc) is 3.36. The van der Waals surface area contributed by atoms with Gasteiger partial charge >= 0.3 is 11.9 Å². The number of nitrogens with one attached hydrogen (secondary N) is 1. The van der Waals surface area contributed by atoms with Crippen LogP contribution in [0.4, 0.5) is 0 Å². The standard InChI is InChI=1S/C26H28N4O4S/c1-16-14-20(17(2)30(16)19-9-7-8-18(15-19)25(32)34-4)24-23(21-10-5-6-12-27-21)28-26(35)29(24)13-11-22(31)33-3/h5-10,12,14-15,23-24H,11,13H2,1-4H3,(H,28,35)/t23-,24-/m0/s1. The molecule has 182 valence electrons. The van der Waals surface area contributed by atoms with E-state index < -0.39 is 0 Å². The third kappa shape index (κ3) is 4.77. The van der Waals surface area contributed by atoms with E-state index in [9.17, 15) is 9.59 Å². The molecule has 8 nitrogen and oxygen atoms in total. The van der Waals surface area contributed by atoms with Crippen molar-refractivity contribution in [2.24, 2.45) is 0 Å². The number of thiocarbonyl (C=S) groups is 1. The minimum atomic E-state index is -0.385. The van der Waals surface area contributed by atoms with Crippen LogP contribution in [-0.2, 0) is 14.3 Å². The number of nitrogens with zero attached hydrogens (tertiary/aromatic N) is 3. The summed E-state index contributed by atoms with van der Waals surface area (Å²) in [5.74, 6) is -0.679. The molecule has 35 heavy (non-hydrogen) atoms. The summed E-state index contributed by atoms with van der Waals surface area (Å²) >= 11 is 5.70. The van der Waals surface area contributed by atoms with Crippen LogP contribution in [0.25, 0.3) is 5.69 Å². The van der Waals surface area contributed by atoms with Gasteiger partial charge in [0.25, 0.3) is 0 Å². The number of pyridine rings is 1. The zero-order chi connectivity index (χ0) is 25.1. The normalized spacial score (nSPS) is 17.3. The SMILES string of the molecule is COC(=O)CCN1C(=S)N[C@@H](c2ccccn2)[C@@H]1c1cc(C)n(-c2cccc(C(=O)OC)c2)c1C. The van der Waals surface area contributed by atoms with Crippen LogP contribution in [0, 0.1) is 13.8 Å². The fourth-order valence-corrected chi connectivity index (χ4v) is 5.00. The molecule has 0 saturated carbocycles. The van der Waals surface area contributed by atoms with Gasteiger partial charge in [0.1, 0.15) is 0 Å². The summed E-state index contributed by atoms with van der Waals surface area (Å²) in [6, 6.07) is 14.9. The molecule has 0 aliphatic carbocycles. The van der Waals surface area contributed by atoms with Crippen molar-refractivity contribution in [3.63, 3.8) is 0 Å². The molecule has 0 unspecified atom stereocenters. The number of esters is 2. The van der Waals surface area contributed by atoms with Gasteiger partial charge in [-0.2, -0.15) is 0 Å². The molecule has 1 N–H and O–H groups in total. The second kappa shape index (κ2) is 10.3. The molecule has 9 heteroatoms. The van der Waals surface area contributed by atoms with Crippen molar-refractivity contribution in [2.45, 2.75) is 32.4 Å². The second-order valence-corrected chi connectivity index (χ2v) is 8.74. The summed E-state index contributed by atoms with van der Waals surface area (Å²) in [4.78, 5) is 30.6. The van der Waals surface area contributed by atoms with Crippen LogP contribution in [0.5, 0.6) is 0 Å². The summed E-state index contributed by atoms with van der Waals surface area (Å²) in [6.07, 6.45) is 1.97. The topological polar surface area (TPSA) is 85.7 Å². The number of rotatable bonds is 7. The predicted molar refractivity (Wildman–Crippen MR) is 135 cm³/mol. The minimum Gasteiger partial charge on any atom is -0.469 e. The lowest BCUT2D eigenvalue weighted by Gasteiger charge is -2.28. The largest absolute Gasteiger partial charge is 0.469 e. The highest BCUT2D eigenvalue weighted by Gasteiger charge is 2.41. The van der Waals surface area contributed by atoms with Crippen molar-refractivity contribution in [3.05, 3.63) is 82.9 Å². The molecule has 0 bridgehead atoms. The summed E-state index contributed by atoms with van der Waals surface area (Å²) in [6.45, 7) is 4.48. The number of ether oxygens (including phenoxy) is 2. The van der Waals surface area contributed by atoms with E-state index in [1.807, 2.05) is 55.1 Å². The maximum atomic E-state index is 12.1. The number of benzene rings is 1. The number of hydrogen-bond donors (Lipinski definition) is 1. The monoisotopic (exact) mass is 492 g/mol. The minimum absolute atomic E-state index is 0.189. The van der Waals surface area contributed by atoms with E-state index in [0.717, 1.165) is 28.3 Å². The fraction of sp³-hybridized carbons (Fsp3) is 0.308. The predicted octanol–water partition coefficient (Wildman–Crippen LogP) is 3.81. The molecule has 0 spiro atoms. The molecule has 1 aliphatic rings. The Labute approximate surface area is 209 Å². The number of carbonyl (C=O) groups excluding carboxylic acids is 2. The lowest BCUT2D eigenvalue weighted by molar-refractivity contribution is -0.140. The number of aromatic nitrogens is 2. The van der Waals surface area contributed by atoms with Crippen LogP contribution < -0.4 is 5.32 Å². The smallest absolute Gasteiger partial charge is 0.337 e. The molecular formula is C26H28N4O4S. The van der Waals surface area contributed by atoms with Crippen LogP contribution in [0.2, 0.25) is 0 Å². The van der Waals surface area contributed by atoms with Gasteiger partial charge in [0.15, 0.2) is 5.11 Å². The Morgan fingerprint density at radius 1 is 1.09 bits per heavy atom. The molecule has 3 aromatic rings. The van der Waals surface area contributed by atoms with Gasteiger partial charge in [0.05, 0.1) is 44.0 Å². The Bertz CT molecular complexity index is 1260. The second-order valence-electron chi connectivity index (χ2n) is 8.35. The number of hydrogen-bond acceptors (Lipinski definition) is 6. The molecule has 3 heterocycles. The van der Waals surface area contributed by atoms with Gasteiger partial charge in [-0.25, -0.2) is 4.79 Å². The molecule has 1 fully saturated rings. The van der Waals surface area contributed by atoms with Crippen molar-refractivity contribution in [3.8, 4) is 5.69 Å². The molecule has 2 atom stereocenters. The molecule has 1 saturated heterocycles. The van der Waals surface area contributed by atoms with Gasteiger partial charge < -0.3 is 24.3 Å². The molecule has 0 radical (unpaired) electrons. The van der Waals surface area contributed by atoms with E-state index in [1.165, 1.54) is 14.2 Å². The first kappa shape index (κ1) is 24.4. The Hall–Kier alpha value is -3.72. The third-order valence-electron chi connectivity index (χ3n) is 6.30. The van der Waals surface area contributed by atoms with E-state index in [2.05, 4.69) is 20.9 Å². The molecule has 2 aromatic heterocycles. The molecular weight excluding hydrogens is 464 g/mol. The fourth-order valence-electron chi connectivity index (χ4n) is 4.67. The van der Waals surface area contributed by atoms with Crippen LogP contribution in [0.1, 0.15) is 51.5 Å². The highest BCUT2D eigenvalue weighted by Crippen LogP contribution is 2.41. The van der Waals surface area contributed by atoms with Crippen molar-refractivity contribution in [1.82, 2.24) is 19.8 Å². The van der Waals surface area contributed by atoms with E-state index in [4.69, 9.17) is 21.7 Å². The van der Waals surface area contributed by atoms with E-state index in [0.29, 0.717) is 17.2 Å². The highest BCUT2D eigenvalue weighted by atomic mass is 32.1. The number of methoxy groups -OCH3 is 2. The first-order valence-corrected chi connectivity index (χ1v) is 11.7. The van der Waals surface area contributed by atoms with Gasteiger partial charge in [-0.3, -0.25) is 9.78 Å². The van der Waals surface area contributed by atoms with Gasteiger partial charge in [-0.1, -0.05) is 12.1 Å². The Morgan fingerprint density at radius 2 is 1.89 bits per heavy atom. The quantitative estimate of drug-likeness (QED) is 0.394. The van der Waals surface area contributed by atoms with Crippen molar-refractivity contribution in [2.75, 3.05) is 20.8 Å². The number of aryl methyl sites for hydroxylation is 1. The Balaban J connectivity index is 1.79. The van der Waals surface area contributed by atoms with E-state index in [-0.39, 0.29) is 30.4 Å². The van der Waals surface area contributed by atoms with Gasteiger partial charge in [-0.15, -0.1) is 0 Å². The Kier molecular flexibility index (Phi) is 7.16. The van der Waals surface area contributed by atoms with Crippen molar-refractivity contribution < 1.29 is 19.1 Å². The summed E-state index contributed by atoms with van der Waals surface area (Å²) in [5.41, 5.74) is 5.26. The maximum Gasteiger partial charge on any atom is 0.337 e. The van der Waals surface area contributed by atoms with E-state index in [1.54, 1.807) is 12.3 Å². The van der Waals surface area contributed by atoms with Crippen LogP contribution in [0.3, 0.4) is 0 Å².